The number of anilines is 1. The summed E-state index contributed by atoms with van der Waals surface area (Å²) in [7, 11) is 0. The topological polar surface area (TPSA) is 53.5 Å². The fourth-order valence-corrected chi connectivity index (χ4v) is 4.24. The summed E-state index contributed by atoms with van der Waals surface area (Å²) in [5, 5.41) is 7.04. The van der Waals surface area contributed by atoms with Gasteiger partial charge in [-0.2, -0.15) is 0 Å². The van der Waals surface area contributed by atoms with Crippen molar-refractivity contribution in [3.8, 4) is 0 Å². The number of nitrogens with one attached hydrogen (secondary N) is 2. The highest BCUT2D eigenvalue weighted by atomic mass is 127. The number of nitrogens with zero attached hydrogens (tertiary/aromatic N) is 1. The second-order valence-corrected chi connectivity index (χ2v) is 7.96. The number of halogens is 2. The first-order chi connectivity index (χ1) is 12.1. The Morgan fingerprint density at radius 3 is 2.60 bits per heavy atom. The van der Waals surface area contributed by atoms with Crippen molar-refractivity contribution >= 4 is 51.5 Å². The summed E-state index contributed by atoms with van der Waals surface area (Å²) in [5.41, 5.74) is 2.78. The van der Waals surface area contributed by atoms with E-state index in [-0.39, 0.29) is 5.91 Å². The molecule has 2 aromatic carbocycles. The minimum atomic E-state index is -0.731. The third-order valence-electron chi connectivity index (χ3n) is 4.79. The summed E-state index contributed by atoms with van der Waals surface area (Å²) < 4.78 is 1.10. The van der Waals surface area contributed by atoms with Gasteiger partial charge < -0.3 is 10.6 Å². The molecule has 2 aromatic rings. The molecule has 1 spiro atoms. The average molecular weight is 466 g/mol. The minimum Gasteiger partial charge on any atom is -0.323 e. The molecule has 1 amide bonds. The Balaban J connectivity index is 1.98. The van der Waals surface area contributed by atoms with E-state index in [0.717, 1.165) is 39.2 Å². The Morgan fingerprint density at radius 2 is 1.84 bits per heavy atom. The molecule has 128 valence electrons. The van der Waals surface area contributed by atoms with Crippen LogP contribution in [0.4, 0.5) is 5.69 Å². The number of aliphatic imine (C=N–C) groups is 1. The maximum atomic E-state index is 13.0. The van der Waals surface area contributed by atoms with E-state index in [0.29, 0.717) is 17.9 Å². The van der Waals surface area contributed by atoms with Crippen LogP contribution >= 0.6 is 34.2 Å². The number of hydrogen-bond donors (Lipinski definition) is 2. The summed E-state index contributed by atoms with van der Waals surface area (Å²) >= 11 is 8.57. The molecule has 4 rings (SSSR count). The largest absolute Gasteiger partial charge is 0.323 e. The molecule has 0 unspecified atom stereocenters. The lowest BCUT2D eigenvalue weighted by Gasteiger charge is -2.32. The molecule has 0 bridgehead atoms. The van der Waals surface area contributed by atoms with Gasteiger partial charge >= 0.3 is 0 Å². The molecule has 2 heterocycles. The molecule has 25 heavy (non-hydrogen) atoms. The van der Waals surface area contributed by atoms with Crippen LogP contribution in [0.3, 0.4) is 0 Å². The molecule has 4 nitrogen and oxygen atoms in total. The van der Waals surface area contributed by atoms with Crippen LogP contribution in [0, 0.1) is 3.57 Å². The third kappa shape index (κ3) is 3.09. The Labute approximate surface area is 165 Å². The quantitative estimate of drug-likeness (QED) is 0.629. The number of rotatable bonds is 1. The Hall–Kier alpha value is -1.44. The van der Waals surface area contributed by atoms with Crippen LogP contribution in [0.1, 0.15) is 24.0 Å². The van der Waals surface area contributed by atoms with Crippen molar-refractivity contribution in [2.75, 3.05) is 18.4 Å². The summed E-state index contributed by atoms with van der Waals surface area (Å²) in [4.78, 5) is 18.1. The van der Waals surface area contributed by atoms with Crippen molar-refractivity contribution in [1.29, 1.82) is 0 Å². The van der Waals surface area contributed by atoms with Gasteiger partial charge in [0.15, 0.2) is 0 Å². The van der Waals surface area contributed by atoms with E-state index in [9.17, 15) is 4.79 Å². The van der Waals surface area contributed by atoms with Gasteiger partial charge in [0.05, 0.1) is 11.4 Å². The van der Waals surface area contributed by atoms with Crippen LogP contribution < -0.4 is 10.6 Å². The average Bonchev–Trinajstić information content (AvgIpc) is 2.72. The van der Waals surface area contributed by atoms with Crippen molar-refractivity contribution < 1.29 is 4.79 Å². The first kappa shape index (κ1) is 17.0. The molecule has 2 N–H and O–H groups in total. The van der Waals surface area contributed by atoms with Crippen LogP contribution in [-0.4, -0.2) is 30.2 Å². The maximum Gasteiger partial charge on any atom is 0.252 e. The number of amides is 1. The van der Waals surface area contributed by atoms with E-state index in [1.807, 2.05) is 24.3 Å². The highest BCUT2D eigenvalue weighted by Crippen LogP contribution is 2.35. The van der Waals surface area contributed by atoms with Gasteiger partial charge in [0, 0.05) is 19.7 Å². The van der Waals surface area contributed by atoms with Gasteiger partial charge in [-0.05, 0) is 72.8 Å². The predicted octanol–water partition coefficient (Wildman–Crippen LogP) is 3.86. The monoisotopic (exact) mass is 465 g/mol. The number of carbonyl (C=O) groups is 1. The standard InChI is InChI=1S/C19H17ClIN3O/c20-12-5-6-16-14(11-12)17(13-3-1-2-4-15(13)21)24-19(18(25)23-16)7-9-22-10-8-19/h1-6,11,22H,7-10H2,(H,23,25). The Kier molecular flexibility index (Phi) is 4.56. The van der Waals surface area contributed by atoms with Gasteiger partial charge in [-0.3, -0.25) is 9.79 Å². The lowest BCUT2D eigenvalue weighted by molar-refractivity contribution is -0.121. The molecule has 1 saturated heterocycles. The van der Waals surface area contributed by atoms with Crippen molar-refractivity contribution in [1.82, 2.24) is 5.32 Å². The van der Waals surface area contributed by atoms with Gasteiger partial charge in [0.1, 0.15) is 5.54 Å². The number of carbonyl (C=O) groups excluding carboxylic acids is 1. The molecule has 0 atom stereocenters. The summed E-state index contributed by atoms with van der Waals surface area (Å²) in [6, 6.07) is 13.7. The van der Waals surface area contributed by atoms with E-state index >= 15 is 0 Å². The number of fused-ring (bicyclic) bond motifs is 1. The number of piperidine rings is 1. The van der Waals surface area contributed by atoms with Crippen LogP contribution in [-0.2, 0) is 4.79 Å². The van der Waals surface area contributed by atoms with E-state index in [4.69, 9.17) is 16.6 Å². The molecule has 0 aliphatic carbocycles. The smallest absolute Gasteiger partial charge is 0.252 e. The van der Waals surface area contributed by atoms with Gasteiger partial charge in [-0.15, -0.1) is 0 Å². The zero-order chi connectivity index (χ0) is 17.4. The van der Waals surface area contributed by atoms with Crippen molar-refractivity contribution in [2.24, 2.45) is 4.99 Å². The van der Waals surface area contributed by atoms with Gasteiger partial charge in [-0.25, -0.2) is 0 Å². The van der Waals surface area contributed by atoms with Gasteiger partial charge in [0.25, 0.3) is 5.91 Å². The van der Waals surface area contributed by atoms with Crippen LogP contribution in [0.25, 0.3) is 0 Å². The normalized spacial score (nSPS) is 19.0. The molecular weight excluding hydrogens is 449 g/mol. The summed E-state index contributed by atoms with van der Waals surface area (Å²) in [6.45, 7) is 1.57. The molecule has 0 radical (unpaired) electrons. The van der Waals surface area contributed by atoms with Crippen LogP contribution in [0.5, 0.6) is 0 Å². The molecule has 1 fully saturated rings. The van der Waals surface area contributed by atoms with Crippen molar-refractivity contribution in [3.63, 3.8) is 0 Å². The van der Waals surface area contributed by atoms with Crippen molar-refractivity contribution in [3.05, 3.63) is 62.2 Å². The molecule has 2 aliphatic rings. The zero-order valence-corrected chi connectivity index (χ0v) is 16.4. The Morgan fingerprint density at radius 1 is 1.08 bits per heavy atom. The molecule has 0 aromatic heterocycles. The molecule has 6 heteroatoms. The summed E-state index contributed by atoms with van der Waals surface area (Å²) in [5.74, 6) is -0.0292. The van der Waals surface area contributed by atoms with E-state index < -0.39 is 5.54 Å². The number of hydrogen-bond acceptors (Lipinski definition) is 3. The lowest BCUT2D eigenvalue weighted by atomic mass is 9.87. The van der Waals surface area contributed by atoms with E-state index in [2.05, 4.69) is 45.4 Å². The first-order valence-electron chi connectivity index (χ1n) is 8.26. The van der Waals surface area contributed by atoms with Gasteiger partial charge in [-0.1, -0.05) is 29.8 Å². The van der Waals surface area contributed by atoms with Crippen molar-refractivity contribution in [2.45, 2.75) is 18.4 Å². The van der Waals surface area contributed by atoms with Crippen LogP contribution in [0.15, 0.2) is 47.5 Å². The first-order valence-corrected chi connectivity index (χ1v) is 9.72. The second kappa shape index (κ2) is 6.70. The highest BCUT2D eigenvalue weighted by molar-refractivity contribution is 14.1. The molecule has 0 saturated carbocycles. The van der Waals surface area contributed by atoms with E-state index in [1.165, 1.54) is 0 Å². The fourth-order valence-electron chi connectivity index (χ4n) is 3.42. The lowest BCUT2D eigenvalue weighted by Crippen LogP contribution is -2.49. The van der Waals surface area contributed by atoms with E-state index in [1.54, 1.807) is 6.07 Å². The minimum absolute atomic E-state index is 0.0292. The highest BCUT2D eigenvalue weighted by Gasteiger charge is 2.42. The predicted molar refractivity (Wildman–Crippen MR) is 110 cm³/mol. The Bertz CT molecular complexity index is 875. The molecular formula is C19H17ClIN3O. The molecule has 2 aliphatic heterocycles. The van der Waals surface area contributed by atoms with Crippen LogP contribution in [0.2, 0.25) is 5.02 Å². The second-order valence-electron chi connectivity index (χ2n) is 6.37. The summed E-state index contributed by atoms with van der Waals surface area (Å²) in [6.07, 6.45) is 1.38. The third-order valence-corrected chi connectivity index (χ3v) is 5.97. The zero-order valence-electron chi connectivity index (χ0n) is 13.5. The fraction of sp³-hybridized carbons (Fsp3) is 0.263. The SMILES string of the molecule is O=C1Nc2ccc(Cl)cc2C(c2ccccc2I)=NC12CCNCC2. The number of benzene rings is 2. The van der Waals surface area contributed by atoms with Gasteiger partial charge in [0.2, 0.25) is 0 Å². The maximum absolute atomic E-state index is 13.0.